The van der Waals surface area contributed by atoms with Crippen molar-refractivity contribution in [3.8, 4) is 44.5 Å². The number of rotatable bonds is 7. The molecule has 1 aromatic heterocycles. The second-order valence-corrected chi connectivity index (χ2v) is 15.9. The summed E-state index contributed by atoms with van der Waals surface area (Å²) < 4.78 is 2.64. The number of nitrogens with zero attached hydrogens (tertiary/aromatic N) is 1. The summed E-state index contributed by atoms with van der Waals surface area (Å²) in [5, 5.41) is 7.62. The summed E-state index contributed by atoms with van der Waals surface area (Å²) in [6.45, 7) is 0. The first-order chi connectivity index (χ1) is 28.8. The number of hydrogen-bond donors (Lipinski definition) is 0. The van der Waals surface area contributed by atoms with Gasteiger partial charge in [-0.05, 0) is 103 Å². The van der Waals surface area contributed by atoms with Gasteiger partial charge in [0, 0.05) is 42.6 Å². The van der Waals surface area contributed by atoms with Crippen molar-refractivity contribution in [2.75, 3.05) is 4.90 Å². The molecule has 11 rings (SSSR count). The maximum Gasteiger partial charge on any atom is 0.0468 e. The lowest BCUT2D eigenvalue weighted by molar-refractivity contribution is 1.29. The predicted octanol–water partition coefficient (Wildman–Crippen LogP) is 16.5. The van der Waals surface area contributed by atoms with Gasteiger partial charge in [-0.1, -0.05) is 182 Å². The molecule has 0 atom stereocenters. The van der Waals surface area contributed by atoms with E-state index in [1.165, 1.54) is 86.2 Å². The van der Waals surface area contributed by atoms with Crippen molar-refractivity contribution in [1.82, 2.24) is 0 Å². The Morgan fingerprint density at radius 1 is 0.293 bits per heavy atom. The zero-order valence-corrected chi connectivity index (χ0v) is 32.5. The number of thiophene rings is 1. The smallest absolute Gasteiger partial charge is 0.0468 e. The zero-order chi connectivity index (χ0) is 38.4. The molecule has 11 aromatic rings. The fourth-order valence-corrected chi connectivity index (χ4v) is 9.91. The van der Waals surface area contributed by atoms with E-state index in [-0.39, 0.29) is 0 Å². The van der Waals surface area contributed by atoms with Gasteiger partial charge in [0.15, 0.2) is 0 Å². The van der Waals surface area contributed by atoms with Gasteiger partial charge in [0.05, 0.1) is 0 Å². The van der Waals surface area contributed by atoms with E-state index in [2.05, 4.69) is 229 Å². The minimum absolute atomic E-state index is 1.10. The summed E-state index contributed by atoms with van der Waals surface area (Å²) in [7, 11) is 0. The van der Waals surface area contributed by atoms with Gasteiger partial charge in [-0.15, -0.1) is 11.3 Å². The van der Waals surface area contributed by atoms with Crippen LogP contribution in [0.2, 0.25) is 0 Å². The molecule has 58 heavy (non-hydrogen) atoms. The lowest BCUT2D eigenvalue weighted by Gasteiger charge is -2.26. The minimum Gasteiger partial charge on any atom is -0.310 e. The van der Waals surface area contributed by atoms with E-state index in [1.807, 2.05) is 11.3 Å². The van der Waals surface area contributed by atoms with Gasteiger partial charge in [-0.25, -0.2) is 0 Å². The Morgan fingerprint density at radius 2 is 0.741 bits per heavy atom. The summed E-state index contributed by atoms with van der Waals surface area (Å²) in [5.41, 5.74) is 13.1. The van der Waals surface area contributed by atoms with Crippen molar-refractivity contribution in [1.29, 1.82) is 0 Å². The molecule has 0 radical (unpaired) electrons. The van der Waals surface area contributed by atoms with Crippen LogP contribution in [0.3, 0.4) is 0 Å². The first-order valence-corrected chi connectivity index (χ1v) is 20.7. The average molecular weight is 756 g/mol. The number of benzene rings is 10. The largest absolute Gasteiger partial charge is 0.310 e. The van der Waals surface area contributed by atoms with Crippen LogP contribution in [0, 0.1) is 0 Å². The quantitative estimate of drug-likeness (QED) is 0.157. The molecular weight excluding hydrogens is 719 g/mol. The molecular formula is C56H37NS. The first-order valence-electron chi connectivity index (χ1n) is 19.8. The molecule has 0 amide bonds. The van der Waals surface area contributed by atoms with Crippen LogP contribution in [0.15, 0.2) is 224 Å². The van der Waals surface area contributed by atoms with E-state index < -0.39 is 0 Å². The zero-order valence-electron chi connectivity index (χ0n) is 31.7. The molecule has 0 aliphatic rings. The third-order valence-corrected chi connectivity index (χ3v) is 12.7. The molecule has 0 unspecified atom stereocenters. The third kappa shape index (κ3) is 5.94. The highest BCUT2D eigenvalue weighted by atomic mass is 32.1. The van der Waals surface area contributed by atoms with Crippen molar-refractivity contribution in [3.05, 3.63) is 224 Å². The van der Waals surface area contributed by atoms with Crippen LogP contribution in [0.1, 0.15) is 0 Å². The van der Waals surface area contributed by atoms with E-state index >= 15 is 0 Å². The van der Waals surface area contributed by atoms with Gasteiger partial charge in [0.1, 0.15) is 0 Å². The average Bonchev–Trinajstić information content (AvgIpc) is 3.70. The van der Waals surface area contributed by atoms with E-state index in [1.54, 1.807) is 0 Å². The van der Waals surface area contributed by atoms with E-state index in [4.69, 9.17) is 0 Å². The lowest BCUT2D eigenvalue weighted by atomic mass is 9.86. The second kappa shape index (κ2) is 14.4. The second-order valence-electron chi connectivity index (χ2n) is 14.9. The highest BCUT2D eigenvalue weighted by Crippen LogP contribution is 2.50. The molecule has 0 saturated heterocycles. The van der Waals surface area contributed by atoms with Gasteiger partial charge >= 0.3 is 0 Å². The SMILES string of the molecule is c1ccc(-c2ccc(-c3c(-c4ccc(N(c5ccc(-c6ccccc6)cc5)c5ccc6ccccc6c5)cc4)c4ccccc4c4sc5ccccc5c34)cc2)cc1. The Bertz CT molecular complexity index is 3240. The first kappa shape index (κ1) is 34.0. The van der Waals surface area contributed by atoms with Gasteiger partial charge in [0.25, 0.3) is 0 Å². The fraction of sp³-hybridized carbons (Fsp3) is 0. The van der Waals surface area contributed by atoms with Gasteiger partial charge in [0.2, 0.25) is 0 Å². The summed E-state index contributed by atoms with van der Waals surface area (Å²) in [6, 6.07) is 81.8. The van der Waals surface area contributed by atoms with Crippen LogP contribution in [0.4, 0.5) is 17.1 Å². The molecule has 0 N–H and O–H groups in total. The number of anilines is 3. The normalized spacial score (nSPS) is 11.4. The molecule has 0 spiro atoms. The Hall–Kier alpha value is -7.26. The van der Waals surface area contributed by atoms with E-state index in [9.17, 15) is 0 Å². The maximum absolute atomic E-state index is 2.38. The molecule has 0 fully saturated rings. The highest BCUT2D eigenvalue weighted by Gasteiger charge is 2.22. The van der Waals surface area contributed by atoms with Gasteiger partial charge in [-0.2, -0.15) is 0 Å². The van der Waals surface area contributed by atoms with Crippen molar-refractivity contribution in [2.45, 2.75) is 0 Å². The van der Waals surface area contributed by atoms with Crippen LogP contribution >= 0.6 is 11.3 Å². The highest BCUT2D eigenvalue weighted by molar-refractivity contribution is 7.26. The van der Waals surface area contributed by atoms with Crippen LogP contribution < -0.4 is 4.90 Å². The van der Waals surface area contributed by atoms with E-state index in [0.29, 0.717) is 0 Å². The maximum atomic E-state index is 2.38. The molecule has 2 heteroatoms. The molecule has 0 aliphatic heterocycles. The molecule has 10 aromatic carbocycles. The standard InChI is InChI=1S/C56H37NS/c1-3-13-38(14-4-1)41-23-25-44(26-24-41)54-53(49-19-9-10-20-50(49)56-55(54)51-21-11-12-22-52(51)58-56)43-30-34-47(35-31-43)57(48-36-29-40-17-7-8-18-45(40)37-48)46-32-27-42(28-33-46)39-15-5-2-6-16-39/h1-37H. The molecule has 0 saturated carbocycles. The third-order valence-electron chi connectivity index (χ3n) is 11.5. The van der Waals surface area contributed by atoms with Crippen LogP contribution in [-0.2, 0) is 0 Å². The number of fused-ring (bicyclic) bond motifs is 6. The Balaban J connectivity index is 1.10. The molecule has 0 bridgehead atoms. The summed E-state index contributed by atoms with van der Waals surface area (Å²) in [5.74, 6) is 0. The van der Waals surface area contributed by atoms with Crippen LogP contribution in [-0.4, -0.2) is 0 Å². The Kier molecular flexibility index (Phi) is 8.42. The number of hydrogen-bond acceptors (Lipinski definition) is 2. The van der Waals surface area contributed by atoms with Crippen molar-refractivity contribution in [2.24, 2.45) is 0 Å². The van der Waals surface area contributed by atoms with Gasteiger partial charge < -0.3 is 4.90 Å². The van der Waals surface area contributed by atoms with Crippen LogP contribution in [0.5, 0.6) is 0 Å². The van der Waals surface area contributed by atoms with Crippen molar-refractivity contribution in [3.63, 3.8) is 0 Å². The van der Waals surface area contributed by atoms with E-state index in [0.717, 1.165) is 17.1 Å². The minimum atomic E-state index is 1.10. The molecule has 272 valence electrons. The van der Waals surface area contributed by atoms with Crippen molar-refractivity contribution >= 4 is 70.1 Å². The summed E-state index contributed by atoms with van der Waals surface area (Å²) in [4.78, 5) is 2.38. The van der Waals surface area contributed by atoms with Gasteiger partial charge in [-0.3, -0.25) is 0 Å². The predicted molar refractivity (Wildman–Crippen MR) is 251 cm³/mol. The summed E-state index contributed by atoms with van der Waals surface area (Å²) >= 11 is 1.90. The van der Waals surface area contributed by atoms with Crippen molar-refractivity contribution < 1.29 is 0 Å². The topological polar surface area (TPSA) is 3.24 Å². The Labute approximate surface area is 342 Å². The van der Waals surface area contributed by atoms with Crippen LogP contribution in [0.25, 0.3) is 86.2 Å². The summed E-state index contributed by atoms with van der Waals surface area (Å²) in [6.07, 6.45) is 0. The molecule has 1 heterocycles. The lowest BCUT2D eigenvalue weighted by Crippen LogP contribution is -2.09. The molecule has 1 nitrogen and oxygen atoms in total. The molecule has 0 aliphatic carbocycles. The fourth-order valence-electron chi connectivity index (χ4n) is 8.66. The monoisotopic (exact) mass is 755 g/mol. The Morgan fingerprint density at radius 3 is 1.40 bits per heavy atom.